The van der Waals surface area contributed by atoms with Gasteiger partial charge in [-0.1, -0.05) is 56.4 Å². The van der Waals surface area contributed by atoms with Crippen LogP contribution in [-0.2, 0) is 0 Å². The van der Waals surface area contributed by atoms with Crippen molar-refractivity contribution in [1.82, 2.24) is 0 Å². The van der Waals surface area contributed by atoms with Gasteiger partial charge in [0, 0.05) is 18.8 Å². The largest absolute Gasteiger partial charge is 0.365 e. The van der Waals surface area contributed by atoms with Crippen molar-refractivity contribution in [3.05, 3.63) is 65.8 Å². The van der Waals surface area contributed by atoms with E-state index in [1.165, 1.54) is 11.1 Å². The molecule has 0 unspecified atom stereocenters. The average Bonchev–Trinajstić information content (AvgIpc) is 2.75. The summed E-state index contributed by atoms with van der Waals surface area (Å²) in [4.78, 5) is 2.11. The Balaban J connectivity index is 2.12. The highest BCUT2D eigenvalue weighted by Crippen LogP contribution is 2.22. The first-order valence-electron chi connectivity index (χ1n) is 7.63. The van der Waals surface area contributed by atoms with Crippen LogP contribution in [0.2, 0.25) is 0 Å². The minimum atomic E-state index is -0.328. The third-order valence-electron chi connectivity index (χ3n) is 3.74. The molecule has 0 spiro atoms. The summed E-state index contributed by atoms with van der Waals surface area (Å²) in [5, 5.41) is 0. The van der Waals surface area contributed by atoms with Crippen molar-refractivity contribution in [2.45, 2.75) is 26.2 Å². The van der Waals surface area contributed by atoms with Gasteiger partial charge in [-0.15, -0.1) is 0 Å². The molecule has 0 N–H and O–H groups in total. The Morgan fingerprint density at radius 1 is 1.10 bits per heavy atom. The van der Waals surface area contributed by atoms with Crippen molar-refractivity contribution in [3.8, 4) is 0 Å². The molecule has 0 heterocycles. The molecule has 21 heavy (non-hydrogen) atoms. The van der Waals surface area contributed by atoms with Crippen molar-refractivity contribution < 1.29 is 4.39 Å². The molecule has 0 saturated carbocycles. The smallest absolute Gasteiger partial charge is 0.107 e. The van der Waals surface area contributed by atoms with E-state index < -0.39 is 0 Å². The number of nitrogens with zero attached hydrogens (tertiary/aromatic N) is 1. The molecule has 1 aliphatic carbocycles. The zero-order valence-electron chi connectivity index (χ0n) is 12.9. The molecule has 1 nitrogen and oxygen atoms in total. The Kier molecular flexibility index (Phi) is 5.79. The first-order valence-corrected chi connectivity index (χ1v) is 7.63. The van der Waals surface area contributed by atoms with Crippen LogP contribution in [0.4, 0.5) is 10.1 Å². The zero-order chi connectivity index (χ0) is 15.1. The predicted molar refractivity (Wildman–Crippen MR) is 89.7 cm³/mol. The Morgan fingerprint density at radius 2 is 1.86 bits per heavy atom. The van der Waals surface area contributed by atoms with Crippen LogP contribution in [0.1, 0.15) is 31.7 Å². The van der Waals surface area contributed by atoms with Crippen LogP contribution in [0.3, 0.4) is 0 Å². The number of anilines is 1. The van der Waals surface area contributed by atoms with Crippen LogP contribution >= 0.6 is 0 Å². The SMILES string of the molecule is CC(C)c1ccc(N(CCF)CC2=CC=CC=CC2)cc1. The highest BCUT2D eigenvalue weighted by molar-refractivity contribution is 5.49. The number of benzene rings is 1. The molecule has 1 aromatic carbocycles. The van der Waals surface area contributed by atoms with E-state index >= 15 is 0 Å². The molecule has 0 saturated heterocycles. The number of alkyl halides is 1. The maximum atomic E-state index is 12.9. The summed E-state index contributed by atoms with van der Waals surface area (Å²) in [7, 11) is 0. The van der Waals surface area contributed by atoms with Crippen LogP contribution in [0.25, 0.3) is 0 Å². The van der Waals surface area contributed by atoms with E-state index in [1.54, 1.807) is 0 Å². The summed E-state index contributed by atoms with van der Waals surface area (Å²) >= 11 is 0. The first-order chi connectivity index (χ1) is 10.2. The van der Waals surface area contributed by atoms with Crippen LogP contribution in [-0.4, -0.2) is 19.8 Å². The second-order valence-corrected chi connectivity index (χ2v) is 5.70. The van der Waals surface area contributed by atoms with Gasteiger partial charge in [0.2, 0.25) is 0 Å². The molecule has 1 aliphatic rings. The quantitative estimate of drug-likeness (QED) is 0.708. The first kappa shape index (κ1) is 15.6. The van der Waals surface area contributed by atoms with Crippen molar-refractivity contribution >= 4 is 5.69 Å². The summed E-state index contributed by atoms with van der Waals surface area (Å²) in [5.74, 6) is 0.522. The van der Waals surface area contributed by atoms with Gasteiger partial charge >= 0.3 is 0 Å². The Hall–Kier alpha value is -1.83. The minimum absolute atomic E-state index is 0.328. The Labute approximate surface area is 127 Å². The number of allylic oxidation sites excluding steroid dienone is 5. The molecular weight excluding hydrogens is 261 g/mol. The van der Waals surface area contributed by atoms with Gasteiger partial charge in [0.05, 0.1) is 0 Å². The fourth-order valence-electron chi connectivity index (χ4n) is 2.46. The van der Waals surface area contributed by atoms with Gasteiger partial charge in [-0.05, 0) is 35.6 Å². The standard InChI is InChI=1S/C19H24FN/c1-16(2)18-9-11-19(12-10-18)21(14-13-20)15-17-7-5-3-4-6-8-17/h3-7,9-12,16H,8,13-15H2,1-2H3. The molecule has 0 bridgehead atoms. The topological polar surface area (TPSA) is 3.24 Å². The maximum Gasteiger partial charge on any atom is 0.107 e. The third kappa shape index (κ3) is 4.59. The van der Waals surface area contributed by atoms with Gasteiger partial charge in [-0.3, -0.25) is 0 Å². The summed E-state index contributed by atoms with van der Waals surface area (Å²) < 4.78 is 12.9. The number of halogens is 1. The molecule has 0 aliphatic heterocycles. The molecule has 0 radical (unpaired) electrons. The van der Waals surface area contributed by atoms with Crippen LogP contribution in [0.15, 0.2) is 60.2 Å². The lowest BCUT2D eigenvalue weighted by Gasteiger charge is -2.25. The molecule has 0 amide bonds. The van der Waals surface area contributed by atoms with E-state index in [2.05, 4.69) is 61.2 Å². The van der Waals surface area contributed by atoms with E-state index in [9.17, 15) is 4.39 Å². The van der Waals surface area contributed by atoms with Gasteiger partial charge in [0.15, 0.2) is 0 Å². The fraction of sp³-hybridized carbons (Fsp3) is 0.368. The fourth-order valence-corrected chi connectivity index (χ4v) is 2.46. The van der Waals surface area contributed by atoms with Crippen LogP contribution < -0.4 is 4.90 Å². The third-order valence-corrected chi connectivity index (χ3v) is 3.74. The van der Waals surface area contributed by atoms with Gasteiger partial charge in [-0.25, -0.2) is 4.39 Å². The van der Waals surface area contributed by atoms with Crippen molar-refractivity contribution in [3.63, 3.8) is 0 Å². The average molecular weight is 285 g/mol. The summed E-state index contributed by atoms with van der Waals surface area (Å²) in [6.07, 6.45) is 11.3. The lowest BCUT2D eigenvalue weighted by atomic mass is 10.0. The van der Waals surface area contributed by atoms with Crippen LogP contribution in [0.5, 0.6) is 0 Å². The second-order valence-electron chi connectivity index (χ2n) is 5.70. The number of hydrogen-bond acceptors (Lipinski definition) is 1. The molecule has 0 atom stereocenters. The molecule has 112 valence electrons. The molecule has 2 heteroatoms. The molecule has 0 aromatic heterocycles. The van der Waals surface area contributed by atoms with Gasteiger partial charge in [0.1, 0.15) is 6.67 Å². The summed E-state index contributed by atoms with van der Waals surface area (Å²) in [5.41, 5.74) is 3.72. The van der Waals surface area contributed by atoms with Crippen molar-refractivity contribution in [2.24, 2.45) is 0 Å². The van der Waals surface area contributed by atoms with E-state index in [-0.39, 0.29) is 6.67 Å². The minimum Gasteiger partial charge on any atom is -0.365 e. The Morgan fingerprint density at radius 3 is 2.52 bits per heavy atom. The van der Waals surface area contributed by atoms with E-state index in [1.807, 2.05) is 12.2 Å². The van der Waals surface area contributed by atoms with E-state index in [4.69, 9.17) is 0 Å². The predicted octanol–water partition coefficient (Wildman–Crippen LogP) is 5.03. The van der Waals surface area contributed by atoms with E-state index in [0.29, 0.717) is 12.5 Å². The highest BCUT2D eigenvalue weighted by Gasteiger charge is 2.09. The summed E-state index contributed by atoms with van der Waals surface area (Å²) in [6.45, 7) is 5.25. The van der Waals surface area contributed by atoms with Gasteiger partial charge in [-0.2, -0.15) is 0 Å². The zero-order valence-corrected chi connectivity index (χ0v) is 12.9. The number of hydrogen-bond donors (Lipinski definition) is 0. The summed E-state index contributed by atoms with van der Waals surface area (Å²) in [6, 6.07) is 8.50. The monoisotopic (exact) mass is 285 g/mol. The lowest BCUT2D eigenvalue weighted by Crippen LogP contribution is -2.28. The Bertz CT molecular complexity index is 523. The van der Waals surface area contributed by atoms with E-state index in [0.717, 1.165) is 18.7 Å². The molecule has 1 aromatic rings. The number of rotatable bonds is 6. The second kappa shape index (κ2) is 7.82. The lowest BCUT2D eigenvalue weighted by molar-refractivity contribution is 0.493. The van der Waals surface area contributed by atoms with Crippen molar-refractivity contribution in [1.29, 1.82) is 0 Å². The van der Waals surface area contributed by atoms with Crippen LogP contribution in [0, 0.1) is 0 Å². The van der Waals surface area contributed by atoms with Gasteiger partial charge < -0.3 is 4.90 Å². The van der Waals surface area contributed by atoms with Gasteiger partial charge in [0.25, 0.3) is 0 Å². The molecule has 0 fully saturated rings. The van der Waals surface area contributed by atoms with Crippen molar-refractivity contribution in [2.75, 3.05) is 24.7 Å². The highest BCUT2D eigenvalue weighted by atomic mass is 19.1. The molecule has 2 rings (SSSR count). The normalized spacial score (nSPS) is 14.2. The maximum absolute atomic E-state index is 12.9. The molecular formula is C19H24FN.